The number of hydrogen-bond donors (Lipinski definition) is 0. The molecule has 144 valence electrons. The van der Waals surface area contributed by atoms with Crippen LogP contribution in [0.15, 0.2) is 65.3 Å². The van der Waals surface area contributed by atoms with E-state index >= 15 is 0 Å². The third-order valence-corrected chi connectivity index (χ3v) is 5.38. The van der Waals surface area contributed by atoms with Crippen LogP contribution in [0, 0.1) is 0 Å². The highest BCUT2D eigenvalue weighted by atomic mass is 16.5. The maximum absolute atomic E-state index is 13.0. The minimum atomic E-state index is 0.120. The average Bonchev–Trinajstić information content (AvgIpc) is 3.20. The van der Waals surface area contributed by atoms with Gasteiger partial charge >= 0.3 is 0 Å². The number of benzene rings is 2. The quantitative estimate of drug-likeness (QED) is 0.689. The molecular formula is C23H25N3O2. The molecule has 0 spiro atoms. The first-order valence-corrected chi connectivity index (χ1v) is 9.73. The van der Waals surface area contributed by atoms with Gasteiger partial charge in [0.05, 0.1) is 6.20 Å². The maximum atomic E-state index is 13.0. The van der Waals surface area contributed by atoms with Crippen molar-refractivity contribution in [3.05, 3.63) is 66.4 Å². The molecule has 1 aliphatic heterocycles. The van der Waals surface area contributed by atoms with Crippen LogP contribution in [0.25, 0.3) is 22.5 Å². The molecule has 2 aromatic carbocycles. The molecule has 0 radical (unpaired) electrons. The molecule has 5 nitrogen and oxygen atoms in total. The van der Waals surface area contributed by atoms with E-state index in [4.69, 9.17) is 4.52 Å². The second-order valence-electron chi connectivity index (χ2n) is 7.49. The summed E-state index contributed by atoms with van der Waals surface area (Å²) in [7, 11) is 2.12. The van der Waals surface area contributed by atoms with Crippen molar-refractivity contribution in [1.82, 2.24) is 15.0 Å². The zero-order chi connectivity index (χ0) is 19.5. The topological polar surface area (TPSA) is 49.6 Å². The van der Waals surface area contributed by atoms with Gasteiger partial charge in [-0.25, -0.2) is 0 Å². The van der Waals surface area contributed by atoms with Crippen LogP contribution in [0.5, 0.6) is 0 Å². The van der Waals surface area contributed by atoms with Gasteiger partial charge in [0.25, 0.3) is 5.91 Å². The molecule has 0 aliphatic carbocycles. The van der Waals surface area contributed by atoms with Gasteiger partial charge in [-0.3, -0.25) is 4.79 Å². The van der Waals surface area contributed by atoms with Crippen molar-refractivity contribution in [2.75, 3.05) is 26.7 Å². The number of carbonyl (C=O) groups is 1. The summed E-state index contributed by atoms with van der Waals surface area (Å²) in [5, 5.41) is 3.75. The Morgan fingerprint density at radius 1 is 0.964 bits per heavy atom. The van der Waals surface area contributed by atoms with Gasteiger partial charge < -0.3 is 14.3 Å². The summed E-state index contributed by atoms with van der Waals surface area (Å²) in [6.45, 7) is 4.90. The van der Waals surface area contributed by atoms with E-state index in [0.29, 0.717) is 0 Å². The first-order valence-electron chi connectivity index (χ1n) is 9.73. The monoisotopic (exact) mass is 375 g/mol. The van der Waals surface area contributed by atoms with Crippen molar-refractivity contribution < 1.29 is 9.32 Å². The number of likely N-dealkylation sites (N-methyl/N-ethyl adjacent to an activating group) is 1. The Balaban J connectivity index is 1.50. The summed E-state index contributed by atoms with van der Waals surface area (Å²) in [5.74, 6) is 0.875. The minimum absolute atomic E-state index is 0.120. The summed E-state index contributed by atoms with van der Waals surface area (Å²) in [4.78, 5) is 17.3. The number of aromatic nitrogens is 1. The van der Waals surface area contributed by atoms with E-state index in [1.165, 1.54) is 0 Å². The van der Waals surface area contributed by atoms with Crippen LogP contribution in [0.3, 0.4) is 0 Å². The molecule has 28 heavy (non-hydrogen) atoms. The highest BCUT2D eigenvalue weighted by Gasteiger charge is 2.24. The Morgan fingerprint density at radius 2 is 1.61 bits per heavy atom. The van der Waals surface area contributed by atoms with Gasteiger partial charge in [0.15, 0.2) is 5.76 Å². The van der Waals surface area contributed by atoms with E-state index < -0.39 is 0 Å². The third-order valence-electron chi connectivity index (χ3n) is 5.38. The number of nitrogens with zero attached hydrogens (tertiary/aromatic N) is 3. The van der Waals surface area contributed by atoms with Crippen LogP contribution in [0.2, 0.25) is 0 Å². The van der Waals surface area contributed by atoms with Gasteiger partial charge in [0.1, 0.15) is 0 Å². The molecule has 3 aromatic rings. The van der Waals surface area contributed by atoms with Crippen LogP contribution in [-0.2, 0) is 0 Å². The van der Waals surface area contributed by atoms with Crippen molar-refractivity contribution in [2.45, 2.75) is 19.4 Å². The smallest absolute Gasteiger partial charge is 0.254 e. The molecule has 1 saturated heterocycles. The highest BCUT2D eigenvalue weighted by Crippen LogP contribution is 2.25. The van der Waals surface area contributed by atoms with E-state index in [1.807, 2.05) is 47.4 Å². The largest absolute Gasteiger partial charge is 0.356 e. The summed E-state index contributed by atoms with van der Waals surface area (Å²) >= 11 is 0. The Labute approximate surface area is 165 Å². The van der Waals surface area contributed by atoms with Gasteiger partial charge in [-0.2, -0.15) is 0 Å². The molecule has 5 heteroatoms. The lowest BCUT2D eigenvalue weighted by molar-refractivity contribution is 0.0696. The fourth-order valence-corrected chi connectivity index (χ4v) is 3.84. The Kier molecular flexibility index (Phi) is 5.26. The average molecular weight is 375 g/mol. The molecular weight excluding hydrogens is 350 g/mol. The first-order chi connectivity index (χ1) is 13.6. The van der Waals surface area contributed by atoms with E-state index in [1.54, 1.807) is 6.20 Å². The highest BCUT2D eigenvalue weighted by molar-refractivity contribution is 5.95. The van der Waals surface area contributed by atoms with Gasteiger partial charge in [0, 0.05) is 36.3 Å². The summed E-state index contributed by atoms with van der Waals surface area (Å²) < 4.78 is 5.19. The summed E-state index contributed by atoms with van der Waals surface area (Å²) in [6, 6.07) is 18.1. The van der Waals surface area contributed by atoms with E-state index in [0.717, 1.165) is 54.1 Å². The van der Waals surface area contributed by atoms with Crippen molar-refractivity contribution >= 4 is 5.91 Å². The van der Waals surface area contributed by atoms with Crippen molar-refractivity contribution in [3.63, 3.8) is 0 Å². The normalized spacial score (nSPS) is 18.1. The van der Waals surface area contributed by atoms with Crippen molar-refractivity contribution in [3.8, 4) is 22.5 Å². The fraction of sp³-hybridized carbons (Fsp3) is 0.304. The number of amides is 1. The Bertz CT molecular complexity index is 917. The zero-order valence-corrected chi connectivity index (χ0v) is 16.3. The molecule has 0 unspecified atom stereocenters. The van der Waals surface area contributed by atoms with Crippen molar-refractivity contribution in [1.29, 1.82) is 0 Å². The van der Waals surface area contributed by atoms with E-state index in [-0.39, 0.29) is 11.9 Å². The molecule has 4 rings (SSSR count). The Morgan fingerprint density at radius 3 is 2.25 bits per heavy atom. The standard InChI is InChI=1S/C23H25N3O2/c1-17-16-25(2)14-3-15-26(17)23(27)21-10-6-19(7-11-21)18-4-8-20(9-5-18)22-12-13-24-28-22/h4-13,17H,3,14-16H2,1-2H3/t17-/m1/s1. The predicted octanol–water partition coefficient (Wildman–Crippen LogP) is 4.17. The lowest BCUT2D eigenvalue weighted by Crippen LogP contribution is -2.41. The zero-order valence-electron chi connectivity index (χ0n) is 16.3. The van der Waals surface area contributed by atoms with Crippen molar-refractivity contribution in [2.24, 2.45) is 0 Å². The molecule has 0 bridgehead atoms. The molecule has 1 aromatic heterocycles. The summed E-state index contributed by atoms with van der Waals surface area (Å²) in [6.07, 6.45) is 2.66. The van der Waals surface area contributed by atoms with E-state index in [9.17, 15) is 4.79 Å². The number of carbonyl (C=O) groups excluding carboxylic acids is 1. The maximum Gasteiger partial charge on any atom is 0.254 e. The third kappa shape index (κ3) is 3.85. The van der Waals surface area contributed by atoms with Crippen LogP contribution in [-0.4, -0.2) is 53.6 Å². The van der Waals surface area contributed by atoms with Gasteiger partial charge in [-0.05, 0) is 50.2 Å². The van der Waals surface area contributed by atoms with Crippen LogP contribution >= 0.6 is 0 Å². The minimum Gasteiger partial charge on any atom is -0.356 e. The molecule has 2 heterocycles. The summed E-state index contributed by atoms with van der Waals surface area (Å²) in [5.41, 5.74) is 3.93. The lowest BCUT2D eigenvalue weighted by Gasteiger charge is -2.28. The molecule has 1 atom stereocenters. The SMILES string of the molecule is C[C@@H]1CN(C)CCCN1C(=O)c1ccc(-c2ccc(-c3ccno3)cc2)cc1. The first kappa shape index (κ1) is 18.4. The molecule has 0 saturated carbocycles. The van der Waals surface area contributed by atoms with Gasteiger partial charge in [0.2, 0.25) is 0 Å². The number of rotatable bonds is 3. The van der Waals surface area contributed by atoms with Gasteiger partial charge in [-0.1, -0.05) is 41.6 Å². The number of hydrogen-bond acceptors (Lipinski definition) is 4. The second-order valence-corrected chi connectivity index (χ2v) is 7.49. The van der Waals surface area contributed by atoms with E-state index in [2.05, 4.69) is 36.2 Å². The molecule has 1 amide bonds. The molecule has 1 aliphatic rings. The predicted molar refractivity (Wildman–Crippen MR) is 110 cm³/mol. The van der Waals surface area contributed by atoms with Crippen LogP contribution in [0.4, 0.5) is 0 Å². The fourth-order valence-electron chi connectivity index (χ4n) is 3.84. The molecule has 0 N–H and O–H groups in total. The lowest BCUT2D eigenvalue weighted by atomic mass is 10.0. The second kappa shape index (κ2) is 7.98. The Hall–Kier alpha value is -2.92. The van der Waals surface area contributed by atoms with Crippen LogP contribution < -0.4 is 0 Å². The van der Waals surface area contributed by atoms with Crippen LogP contribution in [0.1, 0.15) is 23.7 Å². The molecule has 1 fully saturated rings. The van der Waals surface area contributed by atoms with Gasteiger partial charge in [-0.15, -0.1) is 0 Å².